The summed E-state index contributed by atoms with van der Waals surface area (Å²) in [5.41, 5.74) is 6.09. The molecule has 0 fully saturated rings. The zero-order valence-corrected chi connectivity index (χ0v) is 8.41. The highest BCUT2D eigenvalue weighted by Gasteiger charge is 2.13. The van der Waals surface area contributed by atoms with E-state index >= 15 is 0 Å². The molecule has 1 rings (SSSR count). The van der Waals surface area contributed by atoms with Gasteiger partial charge in [0.2, 0.25) is 0 Å². The molecule has 0 saturated heterocycles. The molecule has 0 unspecified atom stereocenters. The monoisotopic (exact) mass is 225 g/mol. The van der Waals surface area contributed by atoms with Gasteiger partial charge in [-0.1, -0.05) is 12.1 Å². The summed E-state index contributed by atoms with van der Waals surface area (Å²) in [5, 5.41) is 25.7. The summed E-state index contributed by atoms with van der Waals surface area (Å²) in [6.45, 7) is 0. The van der Waals surface area contributed by atoms with E-state index in [1.54, 1.807) is 12.1 Å². The van der Waals surface area contributed by atoms with Crippen LogP contribution in [-0.4, -0.2) is 34.5 Å². The van der Waals surface area contributed by atoms with E-state index in [2.05, 4.69) is 4.65 Å². The van der Waals surface area contributed by atoms with Gasteiger partial charge in [-0.05, 0) is 24.1 Å². The van der Waals surface area contributed by atoms with E-state index in [1.807, 2.05) is 0 Å². The molecule has 0 aliphatic heterocycles. The van der Waals surface area contributed by atoms with E-state index in [9.17, 15) is 4.79 Å². The van der Waals surface area contributed by atoms with Crippen LogP contribution in [0, 0.1) is 0 Å². The number of hydrogen-bond donors (Lipinski definition) is 4. The summed E-state index contributed by atoms with van der Waals surface area (Å²) in [6.07, 6.45) is 0.206. The van der Waals surface area contributed by atoms with Gasteiger partial charge in [-0.15, -0.1) is 0 Å². The first-order valence-corrected chi connectivity index (χ1v) is 4.59. The van der Waals surface area contributed by atoms with E-state index in [0.29, 0.717) is 0 Å². The predicted octanol–water partition coefficient (Wildman–Crippen LogP) is -1.01. The summed E-state index contributed by atoms with van der Waals surface area (Å²) in [4.78, 5) is 10.5. The largest absolute Gasteiger partial charge is 0.707 e. The Labute approximate surface area is 92.5 Å². The maximum absolute atomic E-state index is 10.5. The van der Waals surface area contributed by atoms with Crippen molar-refractivity contribution in [1.82, 2.24) is 0 Å². The van der Waals surface area contributed by atoms with Crippen LogP contribution in [0.15, 0.2) is 24.3 Å². The highest BCUT2D eigenvalue weighted by Crippen LogP contribution is 2.13. The van der Waals surface area contributed by atoms with Crippen molar-refractivity contribution < 1.29 is 24.6 Å². The lowest BCUT2D eigenvalue weighted by atomic mass is 10.1. The first-order chi connectivity index (χ1) is 7.49. The van der Waals surface area contributed by atoms with Crippen LogP contribution in [0.2, 0.25) is 0 Å². The van der Waals surface area contributed by atoms with Gasteiger partial charge in [0.15, 0.2) is 0 Å². The highest BCUT2D eigenvalue weighted by molar-refractivity contribution is 6.33. The van der Waals surface area contributed by atoms with Gasteiger partial charge in [-0.25, -0.2) is 0 Å². The number of aliphatic carboxylic acids is 1. The smallest absolute Gasteiger partial charge is 0.512 e. The molecule has 16 heavy (non-hydrogen) atoms. The van der Waals surface area contributed by atoms with Crippen LogP contribution < -0.4 is 10.4 Å². The molecule has 5 N–H and O–H groups in total. The average Bonchev–Trinajstić information content (AvgIpc) is 2.20. The summed E-state index contributed by atoms with van der Waals surface area (Å²) in [7, 11) is -1.87. The number of hydrogen-bond acceptors (Lipinski definition) is 5. The molecule has 86 valence electrons. The van der Waals surface area contributed by atoms with Gasteiger partial charge in [0.25, 0.3) is 0 Å². The van der Waals surface area contributed by atoms with E-state index in [0.717, 1.165) is 5.56 Å². The molecule has 0 aliphatic carbocycles. The lowest BCUT2D eigenvalue weighted by Crippen LogP contribution is -2.32. The molecule has 0 aliphatic rings. The second kappa shape index (κ2) is 5.50. The third-order valence-corrected chi connectivity index (χ3v) is 1.94. The van der Waals surface area contributed by atoms with Crippen molar-refractivity contribution >= 4 is 13.3 Å². The summed E-state index contributed by atoms with van der Waals surface area (Å²) in [6, 6.07) is 5.28. The first-order valence-electron chi connectivity index (χ1n) is 4.59. The number of nitrogens with two attached hydrogens (primary N) is 1. The SMILES string of the molecule is N[C@@H](Cc1ccc(OB(O)O)cc1)C(=O)O. The maximum Gasteiger partial charge on any atom is 0.707 e. The number of carboxylic acid groups (broad SMARTS) is 1. The fourth-order valence-corrected chi connectivity index (χ4v) is 1.17. The summed E-state index contributed by atoms with van der Waals surface area (Å²) < 4.78 is 4.59. The molecule has 0 radical (unpaired) electrons. The molecule has 0 aromatic heterocycles. The topological polar surface area (TPSA) is 113 Å². The minimum absolute atomic E-state index is 0.206. The Morgan fingerprint density at radius 1 is 1.38 bits per heavy atom. The molecular formula is C9H12BNO5. The summed E-state index contributed by atoms with van der Waals surface area (Å²) >= 11 is 0. The molecule has 1 aromatic carbocycles. The van der Waals surface area contributed by atoms with Gasteiger partial charge in [0, 0.05) is 0 Å². The van der Waals surface area contributed by atoms with Crippen molar-refractivity contribution in [3.05, 3.63) is 29.8 Å². The third-order valence-electron chi connectivity index (χ3n) is 1.94. The second-order valence-corrected chi connectivity index (χ2v) is 3.24. The van der Waals surface area contributed by atoms with Crippen molar-refractivity contribution in [2.45, 2.75) is 12.5 Å². The standard InChI is InChI=1S/C9H12BNO5/c11-8(9(12)13)5-6-1-3-7(4-2-6)16-10(14)15/h1-4,8,14-15H,5,11H2,(H,12,13)/t8-/m0/s1. The molecule has 1 aromatic rings. The Balaban J connectivity index is 2.61. The number of carboxylic acids is 1. The molecule has 1 atom stereocenters. The normalized spacial score (nSPS) is 11.9. The highest BCUT2D eigenvalue weighted by atomic mass is 16.6. The quantitative estimate of drug-likeness (QED) is 0.477. The number of rotatable bonds is 5. The van der Waals surface area contributed by atoms with Gasteiger partial charge in [0.1, 0.15) is 11.8 Å². The van der Waals surface area contributed by atoms with Gasteiger partial charge in [-0.3, -0.25) is 4.79 Å². The number of benzene rings is 1. The fourth-order valence-electron chi connectivity index (χ4n) is 1.17. The van der Waals surface area contributed by atoms with Gasteiger partial charge < -0.3 is 25.5 Å². The fraction of sp³-hybridized carbons (Fsp3) is 0.222. The van der Waals surface area contributed by atoms with E-state index < -0.39 is 19.3 Å². The van der Waals surface area contributed by atoms with Gasteiger partial charge in [-0.2, -0.15) is 0 Å². The summed E-state index contributed by atoms with van der Waals surface area (Å²) in [5.74, 6) is -0.784. The Kier molecular flexibility index (Phi) is 4.30. The molecule has 0 spiro atoms. The second-order valence-electron chi connectivity index (χ2n) is 3.24. The Morgan fingerprint density at radius 2 is 1.94 bits per heavy atom. The Bertz CT molecular complexity index is 353. The van der Waals surface area contributed by atoms with Crippen LogP contribution >= 0.6 is 0 Å². The lowest BCUT2D eigenvalue weighted by Gasteiger charge is -2.08. The van der Waals surface area contributed by atoms with Crippen molar-refractivity contribution in [3.63, 3.8) is 0 Å². The Hall–Kier alpha value is -1.57. The molecule has 7 heteroatoms. The van der Waals surface area contributed by atoms with Crippen LogP contribution in [-0.2, 0) is 11.2 Å². The average molecular weight is 225 g/mol. The molecule has 0 bridgehead atoms. The molecule has 0 saturated carbocycles. The molecule has 0 heterocycles. The molecule has 6 nitrogen and oxygen atoms in total. The molecule has 0 amide bonds. The van der Waals surface area contributed by atoms with E-state index in [-0.39, 0.29) is 12.2 Å². The minimum atomic E-state index is -1.87. The van der Waals surface area contributed by atoms with Gasteiger partial charge >= 0.3 is 13.3 Å². The van der Waals surface area contributed by atoms with Crippen LogP contribution in [0.1, 0.15) is 5.56 Å². The third kappa shape index (κ3) is 3.89. The zero-order valence-electron chi connectivity index (χ0n) is 8.41. The zero-order chi connectivity index (χ0) is 12.1. The van der Waals surface area contributed by atoms with Crippen LogP contribution in [0.5, 0.6) is 5.75 Å². The van der Waals surface area contributed by atoms with Crippen molar-refractivity contribution in [3.8, 4) is 5.75 Å². The van der Waals surface area contributed by atoms with Crippen molar-refractivity contribution in [2.24, 2.45) is 5.73 Å². The van der Waals surface area contributed by atoms with Crippen molar-refractivity contribution in [2.75, 3.05) is 0 Å². The number of carbonyl (C=O) groups is 1. The maximum atomic E-state index is 10.5. The van der Waals surface area contributed by atoms with Crippen molar-refractivity contribution in [1.29, 1.82) is 0 Å². The lowest BCUT2D eigenvalue weighted by molar-refractivity contribution is -0.138. The van der Waals surface area contributed by atoms with Crippen LogP contribution in [0.25, 0.3) is 0 Å². The van der Waals surface area contributed by atoms with Crippen LogP contribution in [0.4, 0.5) is 0 Å². The minimum Gasteiger partial charge on any atom is -0.512 e. The van der Waals surface area contributed by atoms with Crippen LogP contribution in [0.3, 0.4) is 0 Å². The van der Waals surface area contributed by atoms with E-state index in [4.69, 9.17) is 20.9 Å². The first kappa shape index (κ1) is 12.5. The predicted molar refractivity (Wildman–Crippen MR) is 56.6 cm³/mol. The molecular weight excluding hydrogens is 213 g/mol. The Morgan fingerprint density at radius 3 is 2.38 bits per heavy atom. The van der Waals surface area contributed by atoms with E-state index in [1.165, 1.54) is 12.1 Å². The van der Waals surface area contributed by atoms with Gasteiger partial charge in [0.05, 0.1) is 0 Å².